The highest BCUT2D eigenvalue weighted by Gasteiger charge is 2.30. The molecule has 0 bridgehead atoms. The predicted octanol–water partition coefficient (Wildman–Crippen LogP) is 20.9. The van der Waals surface area contributed by atoms with E-state index in [1.165, 1.54) is 161 Å². The van der Waals surface area contributed by atoms with Crippen molar-refractivity contribution in [3.05, 3.63) is 0 Å². The van der Waals surface area contributed by atoms with E-state index >= 15 is 0 Å². The molecule has 0 aromatic heterocycles. The average molecular weight is 1350 g/mol. The van der Waals surface area contributed by atoms with E-state index in [1.54, 1.807) is 0 Å². The Hall–Kier alpha value is -1.94. The van der Waals surface area contributed by atoms with Crippen LogP contribution in [-0.4, -0.2) is 96.7 Å². The van der Waals surface area contributed by atoms with Crippen LogP contribution in [0.1, 0.15) is 364 Å². The summed E-state index contributed by atoms with van der Waals surface area (Å²) in [5.74, 6) is 0.878. The number of carbonyl (C=O) groups excluding carboxylic acids is 4. The van der Waals surface area contributed by atoms with Gasteiger partial charge in [-0.3, -0.25) is 37.3 Å². The fourth-order valence-corrected chi connectivity index (χ4v) is 12.6. The van der Waals surface area contributed by atoms with Gasteiger partial charge in [-0.25, -0.2) is 9.13 Å². The maximum Gasteiger partial charge on any atom is 0.472 e. The third kappa shape index (κ3) is 65.4. The number of rotatable bonds is 70. The van der Waals surface area contributed by atoms with Gasteiger partial charge in [-0.2, -0.15) is 0 Å². The van der Waals surface area contributed by atoms with E-state index in [9.17, 15) is 43.2 Å². The van der Waals surface area contributed by atoms with Crippen molar-refractivity contribution in [2.75, 3.05) is 39.6 Å². The molecule has 3 N–H and O–H groups in total. The van der Waals surface area contributed by atoms with Gasteiger partial charge in [0.15, 0.2) is 12.2 Å². The maximum absolute atomic E-state index is 13.1. The molecule has 6 atom stereocenters. The number of phosphoric acid groups is 2. The molecule has 19 heteroatoms. The highest BCUT2D eigenvalue weighted by Crippen LogP contribution is 2.45. The number of aliphatic hydroxyl groups is 1. The van der Waals surface area contributed by atoms with Crippen molar-refractivity contribution in [2.45, 2.75) is 382 Å². The Balaban J connectivity index is 5.22. The summed E-state index contributed by atoms with van der Waals surface area (Å²) in [5.41, 5.74) is 0. The van der Waals surface area contributed by atoms with Crippen molar-refractivity contribution in [1.82, 2.24) is 0 Å². The Kier molecular flexibility index (Phi) is 61.3. The van der Waals surface area contributed by atoms with Crippen LogP contribution in [0.15, 0.2) is 0 Å². The van der Waals surface area contributed by atoms with E-state index in [4.69, 9.17) is 37.0 Å². The SMILES string of the molecule is CCC(C)CCCCCCCCCCCCC(=O)O[C@H](COC(=O)CCCCCCCCCCCCCCCCCC(C)C)COP(=O)(O)OC[C@@H](O)COP(=O)(O)OC[C@@H](COC(=O)CCCCCCCCC(C)C)OC(=O)CCCCCCCCCCC(C)C. The molecule has 546 valence electrons. The molecule has 0 rings (SSSR count). The lowest BCUT2D eigenvalue weighted by molar-refractivity contribution is -0.161. The first-order valence-corrected chi connectivity index (χ1v) is 40.7. The van der Waals surface area contributed by atoms with Crippen molar-refractivity contribution < 1.29 is 80.2 Å². The summed E-state index contributed by atoms with van der Waals surface area (Å²) in [4.78, 5) is 72.6. The van der Waals surface area contributed by atoms with Crippen LogP contribution in [-0.2, 0) is 65.4 Å². The van der Waals surface area contributed by atoms with Gasteiger partial charge in [0.05, 0.1) is 26.4 Å². The second kappa shape index (κ2) is 62.6. The molecule has 0 fully saturated rings. The zero-order chi connectivity index (χ0) is 68.2. The Labute approximate surface area is 562 Å². The summed E-state index contributed by atoms with van der Waals surface area (Å²) in [6, 6.07) is 0. The quantitative estimate of drug-likeness (QED) is 0.0222. The molecule has 0 saturated heterocycles. The van der Waals surface area contributed by atoms with Crippen LogP contribution in [0.25, 0.3) is 0 Å². The van der Waals surface area contributed by atoms with Crippen LogP contribution in [0.3, 0.4) is 0 Å². The first kappa shape index (κ1) is 90.1. The van der Waals surface area contributed by atoms with Crippen LogP contribution in [0.4, 0.5) is 0 Å². The summed E-state index contributed by atoms with van der Waals surface area (Å²) < 4.78 is 68.3. The average Bonchev–Trinajstić information content (AvgIpc) is 1.61. The highest BCUT2D eigenvalue weighted by molar-refractivity contribution is 7.47. The summed E-state index contributed by atoms with van der Waals surface area (Å²) in [7, 11) is -9.91. The molecule has 0 aliphatic rings. The largest absolute Gasteiger partial charge is 0.472 e. The van der Waals surface area contributed by atoms with Crippen LogP contribution >= 0.6 is 15.6 Å². The monoisotopic (exact) mass is 1350 g/mol. The third-order valence-electron chi connectivity index (χ3n) is 17.2. The number of ether oxygens (including phenoxy) is 4. The molecule has 0 aliphatic heterocycles. The van der Waals surface area contributed by atoms with Gasteiger partial charge in [0.1, 0.15) is 19.3 Å². The Morgan fingerprint density at radius 3 is 0.772 bits per heavy atom. The molecule has 0 aromatic rings. The molecular weight excluding hydrogens is 1210 g/mol. The zero-order valence-corrected chi connectivity index (χ0v) is 62.0. The molecule has 0 saturated carbocycles. The number of hydrogen-bond acceptors (Lipinski definition) is 15. The van der Waals surface area contributed by atoms with Gasteiger partial charge in [0.2, 0.25) is 0 Å². The third-order valence-corrected chi connectivity index (χ3v) is 19.1. The van der Waals surface area contributed by atoms with E-state index in [-0.39, 0.29) is 25.7 Å². The summed E-state index contributed by atoms with van der Waals surface area (Å²) in [5, 5.41) is 10.6. The molecule has 0 aliphatic carbocycles. The van der Waals surface area contributed by atoms with E-state index in [0.29, 0.717) is 31.6 Å². The van der Waals surface area contributed by atoms with Crippen molar-refractivity contribution in [1.29, 1.82) is 0 Å². The van der Waals surface area contributed by atoms with Gasteiger partial charge in [-0.15, -0.1) is 0 Å². The standard InChI is InChI=1S/C73H142O17P2/c1-9-66(8)52-44-36-27-20-17-18-22-29-39-47-55-72(77)89-68(59-83-70(75)53-45-37-28-21-16-14-12-10-11-13-15-19-25-33-41-49-63(2)3)61-87-91(79,80)85-57-67(74)58-86-92(81,82)88-62-69(60-84-71(76)54-46-38-32-31-35-43-51-65(6)7)90-73(78)56-48-40-30-24-23-26-34-42-50-64(4)5/h63-69,74H,9-62H2,1-8H3,(H,79,80)(H,81,82)/t66?,67-,68-,69-/m1/s1. The van der Waals surface area contributed by atoms with Crippen LogP contribution in [0, 0.1) is 23.7 Å². The Bertz CT molecular complexity index is 1820. The fourth-order valence-electron chi connectivity index (χ4n) is 11.0. The first-order valence-electron chi connectivity index (χ1n) is 37.7. The molecule has 0 heterocycles. The molecule has 92 heavy (non-hydrogen) atoms. The first-order chi connectivity index (χ1) is 44.1. The molecule has 0 radical (unpaired) electrons. The minimum Gasteiger partial charge on any atom is -0.462 e. The summed E-state index contributed by atoms with van der Waals surface area (Å²) >= 11 is 0. The molecule has 0 spiro atoms. The molecule has 0 amide bonds. The molecule has 17 nitrogen and oxygen atoms in total. The minimum absolute atomic E-state index is 0.103. The topological polar surface area (TPSA) is 237 Å². The van der Waals surface area contributed by atoms with Crippen LogP contribution in [0.5, 0.6) is 0 Å². The number of unbranched alkanes of at least 4 members (excludes halogenated alkanes) is 35. The highest BCUT2D eigenvalue weighted by atomic mass is 31.2. The predicted molar refractivity (Wildman–Crippen MR) is 372 cm³/mol. The molecule has 3 unspecified atom stereocenters. The summed E-state index contributed by atoms with van der Waals surface area (Å²) in [6.45, 7) is 14.1. The minimum atomic E-state index is -4.96. The Morgan fingerprint density at radius 2 is 0.522 bits per heavy atom. The van der Waals surface area contributed by atoms with E-state index in [0.717, 1.165) is 114 Å². The van der Waals surface area contributed by atoms with E-state index < -0.39 is 97.5 Å². The van der Waals surface area contributed by atoms with Crippen molar-refractivity contribution in [3.8, 4) is 0 Å². The second-order valence-corrected chi connectivity index (χ2v) is 30.9. The fraction of sp³-hybridized carbons (Fsp3) is 0.945. The van der Waals surface area contributed by atoms with Gasteiger partial charge in [-0.05, 0) is 49.4 Å². The van der Waals surface area contributed by atoms with Gasteiger partial charge in [0.25, 0.3) is 0 Å². The summed E-state index contributed by atoms with van der Waals surface area (Å²) in [6.07, 6.45) is 46.0. The zero-order valence-electron chi connectivity index (χ0n) is 60.2. The Morgan fingerprint density at radius 1 is 0.304 bits per heavy atom. The number of hydrogen-bond donors (Lipinski definition) is 3. The molecule has 0 aromatic carbocycles. The van der Waals surface area contributed by atoms with Crippen molar-refractivity contribution >= 4 is 39.5 Å². The lowest BCUT2D eigenvalue weighted by Gasteiger charge is -2.21. The van der Waals surface area contributed by atoms with Gasteiger partial charge in [-0.1, -0.05) is 312 Å². The number of phosphoric ester groups is 2. The van der Waals surface area contributed by atoms with Gasteiger partial charge in [0, 0.05) is 25.7 Å². The molecular formula is C73H142O17P2. The number of carbonyl (C=O) groups is 4. The normalized spacial score (nSPS) is 14.5. The van der Waals surface area contributed by atoms with E-state index in [2.05, 4.69) is 55.4 Å². The van der Waals surface area contributed by atoms with Crippen molar-refractivity contribution in [3.63, 3.8) is 0 Å². The van der Waals surface area contributed by atoms with Crippen LogP contribution < -0.4 is 0 Å². The number of esters is 4. The smallest absolute Gasteiger partial charge is 0.462 e. The van der Waals surface area contributed by atoms with Crippen LogP contribution in [0.2, 0.25) is 0 Å². The second-order valence-electron chi connectivity index (χ2n) is 28.0. The number of aliphatic hydroxyl groups excluding tert-OH is 1. The van der Waals surface area contributed by atoms with Gasteiger partial charge < -0.3 is 33.8 Å². The van der Waals surface area contributed by atoms with E-state index in [1.807, 2.05) is 0 Å². The lowest BCUT2D eigenvalue weighted by Crippen LogP contribution is -2.30. The maximum atomic E-state index is 13.1. The van der Waals surface area contributed by atoms with Gasteiger partial charge >= 0.3 is 39.5 Å². The lowest BCUT2D eigenvalue weighted by atomic mass is 9.99. The van der Waals surface area contributed by atoms with Crippen molar-refractivity contribution in [2.24, 2.45) is 23.7 Å².